The van der Waals surface area contributed by atoms with Crippen LogP contribution in [0, 0.1) is 0 Å². The molecule has 0 radical (unpaired) electrons. The first kappa shape index (κ1) is 15.1. The van der Waals surface area contributed by atoms with Crippen molar-refractivity contribution in [2.75, 3.05) is 7.11 Å². The van der Waals surface area contributed by atoms with Gasteiger partial charge in [0.25, 0.3) is 0 Å². The molecule has 0 heterocycles. The van der Waals surface area contributed by atoms with Crippen LogP contribution in [0.25, 0.3) is 0 Å². The minimum Gasteiger partial charge on any atom is -0.489 e. The molecule has 0 aromatic heterocycles. The molecule has 1 atom stereocenters. The number of aliphatic hydroxyl groups is 1. The van der Waals surface area contributed by atoms with E-state index >= 15 is 0 Å². The van der Waals surface area contributed by atoms with Crippen LogP contribution in [0.1, 0.15) is 18.1 Å². The number of carbonyl (C=O) groups excluding carboxylic acids is 1. The molecule has 0 spiro atoms. The minimum atomic E-state index is -1.69. The third kappa shape index (κ3) is 3.61. The standard InChI is InChI=1S/C17H18O4/c1-17(19,16(18)20-2)14-9-6-10-15(11-14)21-12-13-7-4-3-5-8-13/h3-11,19H,12H2,1-2H3. The van der Waals surface area contributed by atoms with Gasteiger partial charge >= 0.3 is 5.97 Å². The number of ether oxygens (including phenoxy) is 2. The third-order valence-electron chi connectivity index (χ3n) is 3.23. The van der Waals surface area contributed by atoms with Crippen LogP contribution < -0.4 is 4.74 Å². The third-order valence-corrected chi connectivity index (χ3v) is 3.23. The molecule has 1 unspecified atom stereocenters. The maximum absolute atomic E-state index is 11.6. The second-order valence-corrected chi connectivity index (χ2v) is 4.87. The van der Waals surface area contributed by atoms with Gasteiger partial charge in [0.15, 0.2) is 5.60 Å². The molecule has 0 aliphatic heterocycles. The monoisotopic (exact) mass is 286 g/mol. The zero-order valence-electron chi connectivity index (χ0n) is 12.1. The minimum absolute atomic E-state index is 0.421. The van der Waals surface area contributed by atoms with E-state index in [0.29, 0.717) is 17.9 Å². The molecule has 4 nitrogen and oxygen atoms in total. The summed E-state index contributed by atoms with van der Waals surface area (Å²) in [4.78, 5) is 11.6. The van der Waals surface area contributed by atoms with Crippen molar-refractivity contribution in [3.63, 3.8) is 0 Å². The van der Waals surface area contributed by atoms with E-state index in [1.54, 1.807) is 24.3 Å². The fourth-order valence-corrected chi connectivity index (χ4v) is 1.95. The smallest absolute Gasteiger partial charge is 0.342 e. The number of hydrogen-bond acceptors (Lipinski definition) is 4. The van der Waals surface area contributed by atoms with E-state index in [1.807, 2.05) is 30.3 Å². The first-order valence-corrected chi connectivity index (χ1v) is 6.62. The molecule has 0 saturated carbocycles. The number of esters is 1. The van der Waals surface area contributed by atoms with E-state index in [1.165, 1.54) is 14.0 Å². The fourth-order valence-electron chi connectivity index (χ4n) is 1.95. The van der Waals surface area contributed by atoms with Gasteiger partial charge in [-0.05, 0) is 30.2 Å². The van der Waals surface area contributed by atoms with E-state index in [2.05, 4.69) is 4.74 Å². The Hall–Kier alpha value is -2.33. The molecule has 0 fully saturated rings. The Morgan fingerprint density at radius 1 is 1.14 bits per heavy atom. The Morgan fingerprint density at radius 2 is 1.86 bits per heavy atom. The Labute approximate surface area is 123 Å². The Bertz CT molecular complexity index is 605. The van der Waals surface area contributed by atoms with E-state index in [4.69, 9.17) is 4.74 Å². The highest BCUT2D eigenvalue weighted by Gasteiger charge is 2.33. The summed E-state index contributed by atoms with van der Waals surface area (Å²) >= 11 is 0. The summed E-state index contributed by atoms with van der Waals surface area (Å²) in [6.07, 6.45) is 0. The van der Waals surface area contributed by atoms with Gasteiger partial charge in [-0.3, -0.25) is 0 Å². The van der Waals surface area contributed by atoms with E-state index in [0.717, 1.165) is 5.56 Å². The Kier molecular flexibility index (Phi) is 4.60. The molecule has 21 heavy (non-hydrogen) atoms. The average molecular weight is 286 g/mol. The summed E-state index contributed by atoms with van der Waals surface area (Å²) in [5, 5.41) is 10.2. The predicted octanol–water partition coefficient (Wildman–Crippen LogP) is 2.65. The molecular weight excluding hydrogens is 268 g/mol. The van der Waals surface area contributed by atoms with Crippen molar-refractivity contribution in [3.8, 4) is 5.75 Å². The number of carbonyl (C=O) groups is 1. The van der Waals surface area contributed by atoms with Gasteiger partial charge in [-0.1, -0.05) is 42.5 Å². The molecule has 2 rings (SSSR count). The van der Waals surface area contributed by atoms with Crippen molar-refractivity contribution < 1.29 is 19.4 Å². The van der Waals surface area contributed by atoms with Gasteiger partial charge in [0.1, 0.15) is 12.4 Å². The zero-order valence-corrected chi connectivity index (χ0v) is 12.1. The van der Waals surface area contributed by atoms with E-state index < -0.39 is 11.6 Å². The van der Waals surface area contributed by atoms with Gasteiger partial charge in [-0.2, -0.15) is 0 Å². The molecule has 1 N–H and O–H groups in total. The van der Waals surface area contributed by atoms with Crippen LogP contribution >= 0.6 is 0 Å². The highest BCUT2D eigenvalue weighted by Crippen LogP contribution is 2.26. The summed E-state index contributed by atoms with van der Waals surface area (Å²) in [7, 11) is 1.24. The number of methoxy groups -OCH3 is 1. The summed E-state index contributed by atoms with van der Waals surface area (Å²) < 4.78 is 10.3. The molecule has 2 aromatic rings. The SMILES string of the molecule is COC(=O)C(C)(O)c1cccc(OCc2ccccc2)c1. The van der Waals surface area contributed by atoms with Crippen molar-refractivity contribution in [3.05, 3.63) is 65.7 Å². The average Bonchev–Trinajstić information content (AvgIpc) is 2.53. The van der Waals surface area contributed by atoms with Gasteiger partial charge in [0, 0.05) is 0 Å². The van der Waals surface area contributed by atoms with Crippen LogP contribution in [0.5, 0.6) is 5.75 Å². The molecule has 4 heteroatoms. The largest absolute Gasteiger partial charge is 0.489 e. The second-order valence-electron chi connectivity index (χ2n) is 4.87. The molecule has 110 valence electrons. The van der Waals surface area contributed by atoms with Gasteiger partial charge in [0.05, 0.1) is 7.11 Å². The zero-order chi connectivity index (χ0) is 15.3. The topological polar surface area (TPSA) is 55.8 Å². The van der Waals surface area contributed by atoms with Crippen molar-refractivity contribution >= 4 is 5.97 Å². The molecule has 0 bridgehead atoms. The number of hydrogen-bond donors (Lipinski definition) is 1. The van der Waals surface area contributed by atoms with Gasteiger partial charge in [0.2, 0.25) is 0 Å². The lowest BCUT2D eigenvalue weighted by Gasteiger charge is -2.21. The van der Waals surface area contributed by atoms with Gasteiger partial charge in [-0.25, -0.2) is 4.79 Å². The van der Waals surface area contributed by atoms with Crippen molar-refractivity contribution in [2.45, 2.75) is 19.1 Å². The van der Waals surface area contributed by atoms with Crippen molar-refractivity contribution in [1.29, 1.82) is 0 Å². The number of benzene rings is 2. The Morgan fingerprint density at radius 3 is 2.52 bits per heavy atom. The van der Waals surface area contributed by atoms with Crippen LogP contribution in [-0.2, 0) is 21.7 Å². The molecule has 0 saturated heterocycles. The summed E-state index contributed by atoms with van der Waals surface area (Å²) in [5.74, 6) is -0.122. The first-order valence-electron chi connectivity index (χ1n) is 6.62. The van der Waals surface area contributed by atoms with Crippen molar-refractivity contribution in [1.82, 2.24) is 0 Å². The lowest BCUT2D eigenvalue weighted by atomic mass is 9.96. The van der Waals surface area contributed by atoms with E-state index in [9.17, 15) is 9.90 Å². The summed E-state index contributed by atoms with van der Waals surface area (Å²) in [5.41, 5.74) is -0.219. The van der Waals surface area contributed by atoms with Gasteiger partial charge in [-0.15, -0.1) is 0 Å². The van der Waals surface area contributed by atoms with Crippen LogP contribution in [0.15, 0.2) is 54.6 Å². The van der Waals surface area contributed by atoms with E-state index in [-0.39, 0.29) is 0 Å². The summed E-state index contributed by atoms with van der Waals surface area (Å²) in [6.45, 7) is 1.82. The lowest BCUT2D eigenvalue weighted by Crippen LogP contribution is -2.33. The van der Waals surface area contributed by atoms with Crippen molar-refractivity contribution in [2.24, 2.45) is 0 Å². The second kappa shape index (κ2) is 6.41. The maximum atomic E-state index is 11.6. The normalized spacial score (nSPS) is 13.3. The highest BCUT2D eigenvalue weighted by molar-refractivity contribution is 5.80. The fraction of sp³-hybridized carbons (Fsp3) is 0.235. The Balaban J connectivity index is 2.13. The molecule has 0 aliphatic carbocycles. The molecule has 2 aromatic carbocycles. The quantitative estimate of drug-likeness (QED) is 0.859. The summed E-state index contributed by atoms with van der Waals surface area (Å²) in [6, 6.07) is 16.6. The van der Waals surface area contributed by atoms with Crippen LogP contribution in [-0.4, -0.2) is 18.2 Å². The highest BCUT2D eigenvalue weighted by atomic mass is 16.5. The number of rotatable bonds is 5. The molecule has 0 amide bonds. The predicted molar refractivity (Wildman–Crippen MR) is 78.8 cm³/mol. The van der Waals surface area contributed by atoms with Crippen LogP contribution in [0.2, 0.25) is 0 Å². The van der Waals surface area contributed by atoms with Gasteiger partial charge < -0.3 is 14.6 Å². The maximum Gasteiger partial charge on any atom is 0.342 e. The van der Waals surface area contributed by atoms with Crippen LogP contribution in [0.3, 0.4) is 0 Å². The first-order chi connectivity index (χ1) is 10.0. The molecular formula is C17H18O4. The van der Waals surface area contributed by atoms with Crippen LogP contribution in [0.4, 0.5) is 0 Å². The lowest BCUT2D eigenvalue weighted by molar-refractivity contribution is -0.161. The molecule has 0 aliphatic rings.